The van der Waals surface area contributed by atoms with E-state index in [1.807, 2.05) is 30.3 Å². The molecule has 1 fully saturated rings. The summed E-state index contributed by atoms with van der Waals surface area (Å²) in [5.41, 5.74) is 2.28. The summed E-state index contributed by atoms with van der Waals surface area (Å²) in [5, 5.41) is 17.8. The number of carboxylic acid groups (broad SMARTS) is 1. The van der Waals surface area contributed by atoms with E-state index < -0.39 is 29.9 Å². The van der Waals surface area contributed by atoms with Gasteiger partial charge in [-0.1, -0.05) is 48.0 Å². The average molecular weight is 536 g/mol. The minimum Gasteiger partial charge on any atom is -0.481 e. The molecule has 1 aromatic heterocycles. The van der Waals surface area contributed by atoms with E-state index in [2.05, 4.69) is 20.9 Å². The normalized spacial score (nSPS) is 15.6. The quantitative estimate of drug-likeness (QED) is 0.329. The number of benzene rings is 2. The van der Waals surface area contributed by atoms with Crippen molar-refractivity contribution < 1.29 is 24.3 Å². The van der Waals surface area contributed by atoms with Gasteiger partial charge in [0.1, 0.15) is 0 Å². The molecular formula is C27H26ClN5O5. The Morgan fingerprint density at radius 2 is 1.89 bits per heavy atom. The summed E-state index contributed by atoms with van der Waals surface area (Å²) in [7, 11) is 0. The zero-order valence-electron chi connectivity index (χ0n) is 20.3. The van der Waals surface area contributed by atoms with Gasteiger partial charge >= 0.3 is 12.0 Å². The first kappa shape index (κ1) is 26.6. The highest BCUT2D eigenvalue weighted by molar-refractivity contribution is 6.33. The summed E-state index contributed by atoms with van der Waals surface area (Å²) in [4.78, 5) is 55.0. The van der Waals surface area contributed by atoms with Crippen LogP contribution >= 0.6 is 11.6 Å². The summed E-state index contributed by atoms with van der Waals surface area (Å²) in [6, 6.07) is 16.3. The number of urea groups is 1. The predicted molar refractivity (Wildman–Crippen MR) is 142 cm³/mol. The highest BCUT2D eigenvalue weighted by atomic mass is 35.5. The van der Waals surface area contributed by atoms with E-state index in [1.165, 1.54) is 11.1 Å². The molecule has 38 heavy (non-hydrogen) atoms. The standard InChI is InChI=1S/C27H26ClN5O5/c28-21-9-8-20(12-23(21)32-27(38)30-14-17-5-2-1-3-6-17)33-16-19(11-24(33)34)26(37)31-22(13-25(35)36)18-7-4-10-29-15-18/h1-10,12,15,19,22H,11,13-14,16H2,(H,31,37)(H,35,36)(H2,30,32,38). The third-order valence-corrected chi connectivity index (χ3v) is 6.41. The molecule has 2 aromatic carbocycles. The van der Waals surface area contributed by atoms with Gasteiger partial charge in [-0.2, -0.15) is 0 Å². The zero-order chi connectivity index (χ0) is 27.1. The van der Waals surface area contributed by atoms with Crippen molar-refractivity contribution in [2.45, 2.75) is 25.4 Å². The van der Waals surface area contributed by atoms with Crippen LogP contribution in [0.1, 0.15) is 30.0 Å². The number of halogens is 1. The Balaban J connectivity index is 1.40. The topological polar surface area (TPSA) is 141 Å². The first-order valence-electron chi connectivity index (χ1n) is 11.9. The average Bonchev–Trinajstić information content (AvgIpc) is 3.31. The van der Waals surface area contributed by atoms with E-state index in [4.69, 9.17) is 11.6 Å². The van der Waals surface area contributed by atoms with Gasteiger partial charge in [-0.15, -0.1) is 0 Å². The van der Waals surface area contributed by atoms with Gasteiger partial charge in [-0.05, 0) is 35.4 Å². The van der Waals surface area contributed by atoms with Crippen LogP contribution in [-0.4, -0.2) is 40.5 Å². The maximum absolute atomic E-state index is 13.0. The minimum atomic E-state index is -1.07. The molecule has 3 aromatic rings. The molecule has 2 unspecified atom stereocenters. The van der Waals surface area contributed by atoms with E-state index in [1.54, 1.807) is 36.5 Å². The molecule has 1 aliphatic rings. The summed E-state index contributed by atoms with van der Waals surface area (Å²) in [6.07, 6.45) is 2.69. The molecular weight excluding hydrogens is 510 g/mol. The number of nitrogens with one attached hydrogen (secondary N) is 3. The van der Waals surface area contributed by atoms with Crippen LogP contribution in [0.15, 0.2) is 73.1 Å². The summed E-state index contributed by atoms with van der Waals surface area (Å²) >= 11 is 6.27. The van der Waals surface area contributed by atoms with Crippen LogP contribution in [-0.2, 0) is 20.9 Å². The number of nitrogens with zero attached hydrogens (tertiary/aromatic N) is 2. The van der Waals surface area contributed by atoms with E-state index in [9.17, 15) is 24.3 Å². The molecule has 10 nitrogen and oxygen atoms in total. The molecule has 11 heteroatoms. The molecule has 1 saturated heterocycles. The van der Waals surface area contributed by atoms with Gasteiger partial charge in [0.25, 0.3) is 0 Å². The molecule has 0 bridgehead atoms. The third-order valence-electron chi connectivity index (χ3n) is 6.08. The molecule has 196 valence electrons. The fraction of sp³-hybridized carbons (Fsp3) is 0.222. The Morgan fingerprint density at radius 1 is 1.11 bits per heavy atom. The summed E-state index contributed by atoms with van der Waals surface area (Å²) in [5.74, 6) is -2.46. The molecule has 0 aliphatic carbocycles. The van der Waals surface area contributed by atoms with Crippen molar-refractivity contribution >= 4 is 46.8 Å². The van der Waals surface area contributed by atoms with Gasteiger partial charge in [0.05, 0.1) is 29.1 Å². The minimum absolute atomic E-state index is 0.0401. The number of aliphatic carboxylic acids is 1. The van der Waals surface area contributed by atoms with Crippen molar-refractivity contribution in [2.75, 3.05) is 16.8 Å². The van der Waals surface area contributed by atoms with Crippen molar-refractivity contribution in [3.05, 3.63) is 89.2 Å². The third kappa shape index (κ3) is 6.86. The number of carboxylic acids is 1. The number of hydrogen-bond acceptors (Lipinski definition) is 5. The van der Waals surface area contributed by atoms with E-state index in [0.717, 1.165) is 5.56 Å². The molecule has 2 atom stereocenters. The highest BCUT2D eigenvalue weighted by Crippen LogP contribution is 2.32. The molecule has 0 saturated carbocycles. The van der Waals surface area contributed by atoms with Gasteiger partial charge in [0, 0.05) is 37.6 Å². The lowest BCUT2D eigenvalue weighted by Crippen LogP contribution is -2.36. The molecule has 0 spiro atoms. The first-order valence-corrected chi connectivity index (χ1v) is 12.3. The Hall–Kier alpha value is -4.44. The van der Waals surface area contributed by atoms with Gasteiger partial charge in [0.2, 0.25) is 11.8 Å². The second-order valence-corrected chi connectivity index (χ2v) is 9.22. The Bertz CT molecular complexity index is 1320. The fourth-order valence-corrected chi connectivity index (χ4v) is 4.32. The Morgan fingerprint density at radius 3 is 2.61 bits per heavy atom. The maximum atomic E-state index is 13.0. The molecule has 0 radical (unpaired) electrons. The molecule has 4 N–H and O–H groups in total. The van der Waals surface area contributed by atoms with Gasteiger partial charge in [-0.25, -0.2) is 4.79 Å². The molecule has 4 amide bonds. The van der Waals surface area contributed by atoms with Crippen LogP contribution in [0.2, 0.25) is 5.02 Å². The van der Waals surface area contributed by atoms with Gasteiger partial charge in [-0.3, -0.25) is 19.4 Å². The number of aromatic nitrogens is 1. The van der Waals surface area contributed by atoms with Crippen molar-refractivity contribution in [2.24, 2.45) is 5.92 Å². The maximum Gasteiger partial charge on any atom is 0.319 e. The van der Waals surface area contributed by atoms with Crippen molar-refractivity contribution in [1.82, 2.24) is 15.6 Å². The van der Waals surface area contributed by atoms with Crippen LogP contribution in [0.25, 0.3) is 0 Å². The van der Waals surface area contributed by atoms with E-state index >= 15 is 0 Å². The Kier molecular flexibility index (Phi) is 8.55. The number of carbonyl (C=O) groups is 4. The molecule has 2 heterocycles. The largest absolute Gasteiger partial charge is 0.481 e. The smallest absolute Gasteiger partial charge is 0.319 e. The lowest BCUT2D eigenvalue weighted by molar-refractivity contribution is -0.138. The van der Waals surface area contributed by atoms with E-state index in [0.29, 0.717) is 23.5 Å². The van der Waals surface area contributed by atoms with Crippen molar-refractivity contribution in [3.8, 4) is 0 Å². The monoisotopic (exact) mass is 535 g/mol. The van der Waals surface area contributed by atoms with Crippen LogP contribution in [0.4, 0.5) is 16.2 Å². The number of amides is 4. The SMILES string of the molecule is O=C(O)CC(NC(=O)C1CC(=O)N(c2ccc(Cl)c(NC(=O)NCc3ccccc3)c2)C1)c1cccnc1. The van der Waals surface area contributed by atoms with Gasteiger partial charge in [0.15, 0.2) is 0 Å². The predicted octanol–water partition coefficient (Wildman–Crippen LogP) is 3.74. The number of carbonyl (C=O) groups excluding carboxylic acids is 3. The van der Waals surface area contributed by atoms with Crippen LogP contribution in [0.3, 0.4) is 0 Å². The van der Waals surface area contributed by atoms with Crippen LogP contribution < -0.4 is 20.9 Å². The lowest BCUT2D eigenvalue weighted by atomic mass is 10.0. The van der Waals surface area contributed by atoms with Gasteiger partial charge < -0.3 is 26.0 Å². The molecule has 4 rings (SSSR count). The van der Waals surface area contributed by atoms with E-state index in [-0.39, 0.29) is 30.3 Å². The first-order chi connectivity index (χ1) is 18.3. The fourth-order valence-electron chi connectivity index (χ4n) is 4.15. The number of hydrogen-bond donors (Lipinski definition) is 4. The van der Waals surface area contributed by atoms with Crippen LogP contribution in [0.5, 0.6) is 0 Å². The van der Waals surface area contributed by atoms with Crippen LogP contribution in [0, 0.1) is 5.92 Å². The molecule has 1 aliphatic heterocycles. The number of pyridine rings is 1. The van der Waals surface area contributed by atoms with Crippen molar-refractivity contribution in [1.29, 1.82) is 0 Å². The highest BCUT2D eigenvalue weighted by Gasteiger charge is 2.36. The number of anilines is 2. The second-order valence-electron chi connectivity index (χ2n) is 8.81. The zero-order valence-corrected chi connectivity index (χ0v) is 21.0. The van der Waals surface area contributed by atoms with Crippen molar-refractivity contribution in [3.63, 3.8) is 0 Å². The second kappa shape index (κ2) is 12.2. The summed E-state index contributed by atoms with van der Waals surface area (Å²) < 4.78 is 0. The summed E-state index contributed by atoms with van der Waals surface area (Å²) in [6.45, 7) is 0.423. The lowest BCUT2D eigenvalue weighted by Gasteiger charge is -2.21. The Labute approximate surface area is 224 Å². The number of rotatable bonds is 9.